The maximum Gasteiger partial charge on any atom is 0.220 e. The molecule has 1 atom stereocenters. The first-order valence-corrected chi connectivity index (χ1v) is 8.17. The molecule has 22 heavy (non-hydrogen) atoms. The van der Waals surface area contributed by atoms with Gasteiger partial charge in [0.15, 0.2) is 0 Å². The van der Waals surface area contributed by atoms with E-state index in [2.05, 4.69) is 42.6 Å². The van der Waals surface area contributed by atoms with Gasteiger partial charge in [-0.25, -0.2) is 0 Å². The van der Waals surface area contributed by atoms with Crippen LogP contribution in [-0.4, -0.2) is 5.91 Å². The Labute approximate surface area is 132 Å². The molecular weight excluding hydrogens is 270 g/mol. The summed E-state index contributed by atoms with van der Waals surface area (Å²) in [7, 11) is 0. The second kappa shape index (κ2) is 6.78. The lowest BCUT2D eigenvalue weighted by molar-refractivity contribution is -0.121. The predicted octanol–water partition coefficient (Wildman–Crippen LogP) is 3.99. The van der Waals surface area contributed by atoms with Gasteiger partial charge in [-0.1, -0.05) is 48.5 Å². The Kier molecular flexibility index (Phi) is 4.57. The van der Waals surface area contributed by atoms with Crippen molar-refractivity contribution in [3.63, 3.8) is 0 Å². The van der Waals surface area contributed by atoms with Crippen molar-refractivity contribution in [2.45, 2.75) is 45.1 Å². The van der Waals surface area contributed by atoms with Crippen LogP contribution in [-0.2, 0) is 24.1 Å². The average Bonchev–Trinajstić information content (AvgIpc) is 3.01. The molecule has 0 bridgehead atoms. The molecule has 0 heterocycles. The molecule has 0 radical (unpaired) electrons. The van der Waals surface area contributed by atoms with E-state index in [9.17, 15) is 4.79 Å². The summed E-state index contributed by atoms with van der Waals surface area (Å²) >= 11 is 0. The van der Waals surface area contributed by atoms with E-state index >= 15 is 0 Å². The number of rotatable bonds is 5. The number of hydrogen-bond acceptors (Lipinski definition) is 1. The van der Waals surface area contributed by atoms with Crippen LogP contribution < -0.4 is 5.32 Å². The van der Waals surface area contributed by atoms with Crippen LogP contribution in [0.15, 0.2) is 48.5 Å². The van der Waals surface area contributed by atoms with Crippen LogP contribution in [0.1, 0.15) is 48.1 Å². The van der Waals surface area contributed by atoms with Crippen molar-refractivity contribution in [3.8, 4) is 0 Å². The number of amides is 1. The molecule has 1 amide bonds. The fourth-order valence-electron chi connectivity index (χ4n) is 3.16. The first-order chi connectivity index (χ1) is 10.7. The van der Waals surface area contributed by atoms with Crippen LogP contribution >= 0.6 is 0 Å². The van der Waals surface area contributed by atoms with E-state index in [1.165, 1.54) is 41.5 Å². The number of carbonyl (C=O) groups excluding carboxylic acids is 1. The molecular formula is C20H23NO. The van der Waals surface area contributed by atoms with Crippen LogP contribution in [0.5, 0.6) is 0 Å². The smallest absolute Gasteiger partial charge is 0.220 e. The predicted molar refractivity (Wildman–Crippen MR) is 89.8 cm³/mol. The first-order valence-electron chi connectivity index (χ1n) is 8.17. The van der Waals surface area contributed by atoms with E-state index in [0.29, 0.717) is 6.42 Å². The molecule has 2 aromatic carbocycles. The van der Waals surface area contributed by atoms with E-state index < -0.39 is 0 Å². The summed E-state index contributed by atoms with van der Waals surface area (Å²) < 4.78 is 0. The van der Waals surface area contributed by atoms with Crippen LogP contribution in [0.3, 0.4) is 0 Å². The standard InChI is InChI=1S/C20H23NO/c1-15(18-12-11-17-8-5-9-19(17)14-18)21-20(22)13-10-16-6-3-2-4-7-16/h2-4,6-7,11-12,14-15H,5,8-10,13H2,1H3,(H,21,22)/t15-/m1/s1. The minimum atomic E-state index is 0.0779. The highest BCUT2D eigenvalue weighted by Crippen LogP contribution is 2.25. The van der Waals surface area contributed by atoms with E-state index in [1.54, 1.807) is 0 Å². The number of nitrogens with one attached hydrogen (secondary N) is 1. The van der Waals surface area contributed by atoms with Gasteiger partial charge in [0, 0.05) is 6.42 Å². The fraction of sp³-hybridized carbons (Fsp3) is 0.350. The lowest BCUT2D eigenvalue weighted by Gasteiger charge is -2.15. The zero-order valence-corrected chi connectivity index (χ0v) is 13.1. The van der Waals surface area contributed by atoms with Gasteiger partial charge in [0.25, 0.3) is 0 Å². The van der Waals surface area contributed by atoms with Gasteiger partial charge in [-0.05, 0) is 54.9 Å². The van der Waals surface area contributed by atoms with Crippen LogP contribution in [0.25, 0.3) is 0 Å². The second-order valence-electron chi connectivity index (χ2n) is 6.16. The number of fused-ring (bicyclic) bond motifs is 1. The van der Waals surface area contributed by atoms with Gasteiger partial charge in [-0.3, -0.25) is 4.79 Å². The summed E-state index contributed by atoms with van der Waals surface area (Å²) in [4.78, 5) is 12.1. The topological polar surface area (TPSA) is 29.1 Å². The average molecular weight is 293 g/mol. The number of hydrogen-bond donors (Lipinski definition) is 1. The molecule has 114 valence electrons. The quantitative estimate of drug-likeness (QED) is 0.887. The molecule has 1 N–H and O–H groups in total. The molecule has 1 aliphatic rings. The van der Waals surface area contributed by atoms with Gasteiger partial charge < -0.3 is 5.32 Å². The zero-order chi connectivity index (χ0) is 15.4. The Morgan fingerprint density at radius 3 is 2.68 bits per heavy atom. The van der Waals surface area contributed by atoms with E-state index in [4.69, 9.17) is 0 Å². The van der Waals surface area contributed by atoms with Gasteiger partial charge in [-0.15, -0.1) is 0 Å². The van der Waals surface area contributed by atoms with Gasteiger partial charge in [0.2, 0.25) is 5.91 Å². The summed E-state index contributed by atoms with van der Waals surface area (Å²) in [6.07, 6.45) is 4.98. The molecule has 0 unspecified atom stereocenters. The molecule has 1 aliphatic carbocycles. The Balaban J connectivity index is 1.55. The first kappa shape index (κ1) is 14.8. The third-order valence-electron chi connectivity index (χ3n) is 4.48. The Morgan fingerprint density at radius 2 is 1.86 bits per heavy atom. The van der Waals surface area contributed by atoms with Crippen LogP contribution in [0.2, 0.25) is 0 Å². The summed E-state index contributed by atoms with van der Waals surface area (Å²) in [5.41, 5.74) is 5.37. The normalized spacial score (nSPS) is 14.4. The van der Waals surface area contributed by atoms with Gasteiger partial charge in [0.1, 0.15) is 0 Å². The summed E-state index contributed by atoms with van der Waals surface area (Å²) in [6.45, 7) is 2.07. The number of carbonyl (C=O) groups is 1. The van der Waals surface area contributed by atoms with Crippen molar-refractivity contribution >= 4 is 5.91 Å². The van der Waals surface area contributed by atoms with Crippen LogP contribution in [0, 0.1) is 0 Å². The van der Waals surface area contributed by atoms with Crippen molar-refractivity contribution < 1.29 is 4.79 Å². The number of aryl methyl sites for hydroxylation is 3. The molecule has 0 fully saturated rings. The summed E-state index contributed by atoms with van der Waals surface area (Å²) in [5.74, 6) is 0.122. The van der Waals surface area contributed by atoms with Gasteiger partial charge in [-0.2, -0.15) is 0 Å². The molecule has 0 saturated carbocycles. The van der Waals surface area contributed by atoms with Crippen LogP contribution in [0.4, 0.5) is 0 Å². The SMILES string of the molecule is C[C@@H](NC(=O)CCc1ccccc1)c1ccc2c(c1)CCC2. The monoisotopic (exact) mass is 293 g/mol. The van der Waals surface area contributed by atoms with Gasteiger partial charge >= 0.3 is 0 Å². The van der Waals surface area contributed by atoms with E-state index in [0.717, 1.165) is 6.42 Å². The summed E-state index contributed by atoms with van der Waals surface area (Å²) in [5, 5.41) is 3.12. The highest BCUT2D eigenvalue weighted by Gasteiger charge is 2.14. The third-order valence-corrected chi connectivity index (χ3v) is 4.48. The number of benzene rings is 2. The van der Waals surface area contributed by atoms with Crippen molar-refractivity contribution in [1.29, 1.82) is 0 Å². The van der Waals surface area contributed by atoms with Crippen molar-refractivity contribution in [1.82, 2.24) is 5.32 Å². The lowest BCUT2D eigenvalue weighted by atomic mass is 10.0. The van der Waals surface area contributed by atoms with Crippen molar-refractivity contribution in [3.05, 3.63) is 70.8 Å². The third kappa shape index (κ3) is 3.56. The fourth-order valence-corrected chi connectivity index (χ4v) is 3.16. The molecule has 2 nitrogen and oxygen atoms in total. The van der Waals surface area contributed by atoms with Crippen molar-refractivity contribution in [2.75, 3.05) is 0 Å². The van der Waals surface area contributed by atoms with E-state index in [-0.39, 0.29) is 11.9 Å². The lowest BCUT2D eigenvalue weighted by Crippen LogP contribution is -2.26. The van der Waals surface area contributed by atoms with E-state index in [1.807, 2.05) is 18.2 Å². The largest absolute Gasteiger partial charge is 0.350 e. The Bertz CT molecular complexity index is 648. The molecule has 0 saturated heterocycles. The molecule has 0 spiro atoms. The maximum absolute atomic E-state index is 12.1. The zero-order valence-electron chi connectivity index (χ0n) is 13.1. The minimum Gasteiger partial charge on any atom is -0.350 e. The highest BCUT2D eigenvalue weighted by atomic mass is 16.1. The Morgan fingerprint density at radius 1 is 1.09 bits per heavy atom. The van der Waals surface area contributed by atoms with Crippen molar-refractivity contribution in [2.24, 2.45) is 0 Å². The second-order valence-corrected chi connectivity index (χ2v) is 6.16. The summed E-state index contributed by atoms with van der Waals surface area (Å²) in [6, 6.07) is 16.9. The Hall–Kier alpha value is -2.09. The molecule has 2 heteroatoms. The molecule has 3 rings (SSSR count). The highest BCUT2D eigenvalue weighted by molar-refractivity contribution is 5.76. The molecule has 0 aliphatic heterocycles. The molecule has 2 aromatic rings. The molecule has 0 aromatic heterocycles. The maximum atomic E-state index is 12.1. The van der Waals surface area contributed by atoms with Gasteiger partial charge in [0.05, 0.1) is 6.04 Å². The minimum absolute atomic E-state index is 0.0779.